The van der Waals surface area contributed by atoms with E-state index in [1.807, 2.05) is 6.92 Å². The van der Waals surface area contributed by atoms with Gasteiger partial charge in [0.1, 0.15) is 5.82 Å². The Morgan fingerprint density at radius 2 is 2.22 bits per heavy atom. The second-order valence-electron chi connectivity index (χ2n) is 4.08. The van der Waals surface area contributed by atoms with Gasteiger partial charge in [-0.2, -0.15) is 0 Å². The molecule has 1 amide bonds. The number of carboxylic acids is 1. The first kappa shape index (κ1) is 12.3. The number of carbonyl (C=O) groups excluding carboxylic acids is 1. The average Bonchev–Trinajstić information content (AvgIpc) is 2.38. The predicted molar refractivity (Wildman–Crippen MR) is 65.7 cm³/mol. The monoisotopic (exact) mass is 249 g/mol. The van der Waals surface area contributed by atoms with Gasteiger partial charge >= 0.3 is 5.97 Å². The van der Waals surface area contributed by atoms with Crippen LogP contribution in [0, 0.1) is 0 Å². The normalized spacial score (nSPS) is 15.9. The van der Waals surface area contributed by atoms with Gasteiger partial charge < -0.3 is 14.9 Å². The SMILES string of the molecule is CCN1CCN(c2cccc(C(=O)O)n2)CC1=O. The maximum atomic E-state index is 11.8. The summed E-state index contributed by atoms with van der Waals surface area (Å²) in [6.07, 6.45) is 0. The van der Waals surface area contributed by atoms with Crippen LogP contribution in [0.1, 0.15) is 17.4 Å². The van der Waals surface area contributed by atoms with Crippen molar-refractivity contribution in [2.45, 2.75) is 6.92 Å². The van der Waals surface area contributed by atoms with E-state index in [2.05, 4.69) is 4.98 Å². The highest BCUT2D eigenvalue weighted by molar-refractivity contribution is 5.86. The second kappa shape index (κ2) is 5.03. The van der Waals surface area contributed by atoms with Crippen LogP contribution in [0.25, 0.3) is 0 Å². The third kappa shape index (κ3) is 2.42. The van der Waals surface area contributed by atoms with Gasteiger partial charge in [0.25, 0.3) is 0 Å². The molecule has 0 unspecified atom stereocenters. The molecule has 0 aromatic carbocycles. The fraction of sp³-hybridized carbons (Fsp3) is 0.417. The summed E-state index contributed by atoms with van der Waals surface area (Å²) in [4.78, 5) is 30.2. The van der Waals surface area contributed by atoms with E-state index in [4.69, 9.17) is 5.11 Å². The third-order valence-electron chi connectivity index (χ3n) is 2.98. The van der Waals surface area contributed by atoms with Crippen LogP contribution in [0.3, 0.4) is 0 Å². The summed E-state index contributed by atoms with van der Waals surface area (Å²) in [5.74, 6) is -0.472. The van der Waals surface area contributed by atoms with Crippen LogP contribution >= 0.6 is 0 Å². The summed E-state index contributed by atoms with van der Waals surface area (Å²) < 4.78 is 0. The molecule has 2 rings (SSSR count). The first-order chi connectivity index (χ1) is 8.61. The molecule has 0 radical (unpaired) electrons. The summed E-state index contributed by atoms with van der Waals surface area (Å²) in [7, 11) is 0. The highest BCUT2D eigenvalue weighted by atomic mass is 16.4. The molecule has 0 atom stereocenters. The summed E-state index contributed by atoms with van der Waals surface area (Å²) >= 11 is 0. The number of rotatable bonds is 3. The molecule has 18 heavy (non-hydrogen) atoms. The van der Waals surface area contributed by atoms with Gasteiger partial charge in [-0.05, 0) is 19.1 Å². The molecule has 6 nitrogen and oxygen atoms in total. The molecule has 96 valence electrons. The molecule has 1 aliphatic rings. The van der Waals surface area contributed by atoms with Crippen molar-refractivity contribution >= 4 is 17.7 Å². The van der Waals surface area contributed by atoms with Gasteiger partial charge in [-0.15, -0.1) is 0 Å². The average molecular weight is 249 g/mol. The number of aromatic nitrogens is 1. The third-order valence-corrected chi connectivity index (χ3v) is 2.98. The topological polar surface area (TPSA) is 73.7 Å². The van der Waals surface area contributed by atoms with E-state index in [0.29, 0.717) is 25.5 Å². The molecule has 0 spiro atoms. The highest BCUT2D eigenvalue weighted by Gasteiger charge is 2.23. The summed E-state index contributed by atoms with van der Waals surface area (Å²) in [6.45, 7) is 4.22. The van der Waals surface area contributed by atoms with Crippen LogP contribution in [0.4, 0.5) is 5.82 Å². The number of aromatic carboxylic acids is 1. The van der Waals surface area contributed by atoms with Crippen LogP contribution in [-0.4, -0.2) is 53.0 Å². The quantitative estimate of drug-likeness (QED) is 0.841. The first-order valence-electron chi connectivity index (χ1n) is 5.85. The van der Waals surface area contributed by atoms with Crippen LogP contribution in [0.2, 0.25) is 0 Å². The zero-order valence-corrected chi connectivity index (χ0v) is 10.2. The molecule has 1 aromatic rings. The van der Waals surface area contributed by atoms with Gasteiger partial charge in [-0.3, -0.25) is 4.79 Å². The Bertz CT molecular complexity index is 475. The maximum absolute atomic E-state index is 11.8. The lowest BCUT2D eigenvalue weighted by atomic mass is 10.2. The second-order valence-corrected chi connectivity index (χ2v) is 4.08. The van der Waals surface area contributed by atoms with Crippen LogP contribution < -0.4 is 4.90 Å². The Morgan fingerprint density at radius 3 is 2.83 bits per heavy atom. The fourth-order valence-corrected chi connectivity index (χ4v) is 1.96. The van der Waals surface area contributed by atoms with Crippen LogP contribution in [0.15, 0.2) is 18.2 Å². The molecule has 0 aliphatic carbocycles. The molecule has 0 saturated carbocycles. The smallest absolute Gasteiger partial charge is 0.354 e. The molecule has 1 aromatic heterocycles. The van der Waals surface area contributed by atoms with Crippen molar-refractivity contribution in [2.75, 3.05) is 31.1 Å². The number of pyridine rings is 1. The van der Waals surface area contributed by atoms with Crippen molar-refractivity contribution in [1.29, 1.82) is 0 Å². The van der Waals surface area contributed by atoms with E-state index in [-0.39, 0.29) is 18.1 Å². The Labute approximate surface area is 105 Å². The minimum absolute atomic E-state index is 0.00197. The standard InChI is InChI=1S/C12H15N3O3/c1-2-14-6-7-15(8-11(14)16)10-5-3-4-9(13-10)12(17)18/h3-5H,2,6-8H2,1H3,(H,17,18). The van der Waals surface area contributed by atoms with E-state index >= 15 is 0 Å². The molecule has 1 fully saturated rings. The lowest BCUT2D eigenvalue weighted by molar-refractivity contribution is -0.130. The number of hydrogen-bond acceptors (Lipinski definition) is 4. The van der Waals surface area contributed by atoms with E-state index in [1.165, 1.54) is 6.07 Å². The molecule has 6 heteroatoms. The van der Waals surface area contributed by atoms with Crippen molar-refractivity contribution in [3.8, 4) is 0 Å². The van der Waals surface area contributed by atoms with Gasteiger partial charge in [0, 0.05) is 19.6 Å². The molecule has 1 saturated heterocycles. The maximum Gasteiger partial charge on any atom is 0.354 e. The zero-order chi connectivity index (χ0) is 13.1. The molecule has 1 N–H and O–H groups in total. The summed E-state index contributed by atoms with van der Waals surface area (Å²) in [5.41, 5.74) is -0.00197. The molecule has 0 bridgehead atoms. The molecule has 1 aliphatic heterocycles. The number of carboxylic acid groups (broad SMARTS) is 1. The number of likely N-dealkylation sites (N-methyl/N-ethyl adjacent to an activating group) is 1. The number of carbonyl (C=O) groups is 2. The Balaban J connectivity index is 2.15. The van der Waals surface area contributed by atoms with Crippen molar-refractivity contribution in [2.24, 2.45) is 0 Å². The van der Waals surface area contributed by atoms with Crippen LogP contribution in [0.5, 0.6) is 0 Å². The van der Waals surface area contributed by atoms with E-state index in [1.54, 1.807) is 21.9 Å². The van der Waals surface area contributed by atoms with E-state index < -0.39 is 5.97 Å². The predicted octanol–water partition coefficient (Wildman–Crippen LogP) is 0.448. The van der Waals surface area contributed by atoms with E-state index in [0.717, 1.165) is 0 Å². The van der Waals surface area contributed by atoms with Gasteiger partial charge in [-0.25, -0.2) is 9.78 Å². The number of amides is 1. The number of anilines is 1. The minimum Gasteiger partial charge on any atom is -0.477 e. The van der Waals surface area contributed by atoms with Crippen molar-refractivity contribution in [3.63, 3.8) is 0 Å². The largest absolute Gasteiger partial charge is 0.477 e. The van der Waals surface area contributed by atoms with Crippen molar-refractivity contribution in [1.82, 2.24) is 9.88 Å². The Kier molecular flexibility index (Phi) is 3.45. The summed E-state index contributed by atoms with van der Waals surface area (Å²) in [5, 5.41) is 8.88. The fourth-order valence-electron chi connectivity index (χ4n) is 1.96. The minimum atomic E-state index is -1.06. The van der Waals surface area contributed by atoms with Gasteiger partial charge in [0.15, 0.2) is 5.69 Å². The number of piperazine rings is 1. The number of hydrogen-bond donors (Lipinski definition) is 1. The van der Waals surface area contributed by atoms with Crippen LogP contribution in [-0.2, 0) is 4.79 Å². The van der Waals surface area contributed by atoms with E-state index in [9.17, 15) is 9.59 Å². The van der Waals surface area contributed by atoms with Gasteiger partial charge in [0.05, 0.1) is 6.54 Å². The van der Waals surface area contributed by atoms with Gasteiger partial charge in [-0.1, -0.05) is 6.07 Å². The Hall–Kier alpha value is -2.11. The highest BCUT2D eigenvalue weighted by Crippen LogP contribution is 2.14. The lowest BCUT2D eigenvalue weighted by Gasteiger charge is -2.34. The summed E-state index contributed by atoms with van der Waals surface area (Å²) in [6, 6.07) is 4.81. The van der Waals surface area contributed by atoms with Gasteiger partial charge in [0.2, 0.25) is 5.91 Å². The zero-order valence-electron chi connectivity index (χ0n) is 10.2. The molecule has 2 heterocycles. The Morgan fingerprint density at radius 1 is 1.44 bits per heavy atom. The molecular formula is C12H15N3O3. The van der Waals surface area contributed by atoms with Crippen molar-refractivity contribution < 1.29 is 14.7 Å². The van der Waals surface area contributed by atoms with Crippen molar-refractivity contribution in [3.05, 3.63) is 23.9 Å². The first-order valence-corrected chi connectivity index (χ1v) is 5.85. The lowest BCUT2D eigenvalue weighted by Crippen LogP contribution is -2.50. The molecular weight excluding hydrogens is 234 g/mol. The number of nitrogens with zero attached hydrogens (tertiary/aromatic N) is 3.